The molecular formula is C16H16O4. The van der Waals surface area contributed by atoms with Gasteiger partial charge in [0.1, 0.15) is 23.7 Å². The molecule has 0 spiro atoms. The van der Waals surface area contributed by atoms with Crippen molar-refractivity contribution >= 4 is 5.97 Å². The normalized spacial score (nSPS) is 14.2. The lowest BCUT2D eigenvalue weighted by Gasteiger charge is -2.14. The number of rotatable bonds is 5. The maximum atomic E-state index is 10.8. The first-order valence-electron chi connectivity index (χ1n) is 6.30. The van der Waals surface area contributed by atoms with Crippen LogP contribution >= 0.6 is 0 Å². The van der Waals surface area contributed by atoms with Crippen molar-refractivity contribution in [3.63, 3.8) is 0 Å². The second-order valence-electron chi connectivity index (χ2n) is 4.54. The van der Waals surface area contributed by atoms with Crippen molar-refractivity contribution in [2.45, 2.75) is 12.8 Å². The van der Waals surface area contributed by atoms with Crippen LogP contribution in [0.3, 0.4) is 0 Å². The minimum atomic E-state index is -1.16. The van der Waals surface area contributed by atoms with Gasteiger partial charge in [0.2, 0.25) is 0 Å². The summed E-state index contributed by atoms with van der Waals surface area (Å²) < 4.78 is 5.55. The minimum Gasteiger partial charge on any atom is -0.507 e. The molecule has 104 valence electrons. The van der Waals surface area contributed by atoms with E-state index in [-0.39, 0.29) is 11.3 Å². The monoisotopic (exact) mass is 272 g/mol. The Morgan fingerprint density at radius 1 is 1.35 bits per heavy atom. The average Bonchev–Trinajstić information content (AvgIpc) is 2.45. The van der Waals surface area contributed by atoms with Gasteiger partial charge in [-0.25, -0.2) is 4.79 Å². The summed E-state index contributed by atoms with van der Waals surface area (Å²) in [6, 6.07) is 4.19. The Kier molecular flexibility index (Phi) is 4.25. The van der Waals surface area contributed by atoms with Gasteiger partial charge < -0.3 is 14.9 Å². The van der Waals surface area contributed by atoms with Crippen molar-refractivity contribution in [3.05, 3.63) is 59.7 Å². The standard InChI is InChI=1S/C16H16O4/c1-2-11-3-5-12(6-4-11)10-20-13-7-8-14(16(18)19)15(17)9-13/h2-3,5,7-9,17H,1,4,6,10H2,(H,18,19). The van der Waals surface area contributed by atoms with E-state index in [2.05, 4.69) is 6.58 Å². The van der Waals surface area contributed by atoms with Crippen LogP contribution in [0.15, 0.2) is 54.2 Å². The highest BCUT2D eigenvalue weighted by molar-refractivity contribution is 5.90. The molecule has 0 saturated heterocycles. The highest BCUT2D eigenvalue weighted by atomic mass is 16.5. The van der Waals surface area contributed by atoms with Crippen LogP contribution in [0.2, 0.25) is 0 Å². The molecule has 2 rings (SSSR count). The van der Waals surface area contributed by atoms with Crippen LogP contribution in [0.1, 0.15) is 23.2 Å². The zero-order valence-electron chi connectivity index (χ0n) is 11.0. The van der Waals surface area contributed by atoms with E-state index in [0.717, 1.165) is 18.4 Å². The quantitative estimate of drug-likeness (QED) is 0.863. The summed E-state index contributed by atoms with van der Waals surface area (Å²) in [6.07, 6.45) is 7.72. The van der Waals surface area contributed by atoms with Gasteiger partial charge >= 0.3 is 5.97 Å². The number of benzene rings is 1. The molecule has 0 unspecified atom stereocenters. The number of aromatic hydroxyl groups is 1. The van der Waals surface area contributed by atoms with Crippen molar-refractivity contribution in [1.82, 2.24) is 0 Å². The topological polar surface area (TPSA) is 66.8 Å². The molecule has 0 aromatic heterocycles. The van der Waals surface area contributed by atoms with Crippen molar-refractivity contribution in [3.8, 4) is 11.5 Å². The number of hydrogen-bond acceptors (Lipinski definition) is 3. The zero-order chi connectivity index (χ0) is 14.5. The zero-order valence-corrected chi connectivity index (χ0v) is 11.0. The van der Waals surface area contributed by atoms with Gasteiger partial charge in [-0.3, -0.25) is 0 Å². The van der Waals surface area contributed by atoms with E-state index in [1.807, 2.05) is 18.2 Å². The van der Waals surface area contributed by atoms with Crippen LogP contribution in [0.5, 0.6) is 11.5 Å². The van der Waals surface area contributed by atoms with Gasteiger partial charge in [0, 0.05) is 6.07 Å². The Bertz CT molecular complexity index is 596. The Hall–Kier alpha value is -2.49. The molecule has 0 atom stereocenters. The van der Waals surface area contributed by atoms with E-state index in [1.54, 1.807) is 0 Å². The number of carbonyl (C=O) groups is 1. The lowest BCUT2D eigenvalue weighted by atomic mass is 9.99. The second-order valence-corrected chi connectivity index (χ2v) is 4.54. The smallest absolute Gasteiger partial charge is 0.339 e. The molecule has 0 heterocycles. The number of ether oxygens (including phenoxy) is 1. The van der Waals surface area contributed by atoms with Gasteiger partial charge in [0.15, 0.2) is 0 Å². The van der Waals surface area contributed by atoms with Crippen LogP contribution in [0, 0.1) is 0 Å². The fourth-order valence-corrected chi connectivity index (χ4v) is 1.94. The van der Waals surface area contributed by atoms with Crippen molar-refractivity contribution < 1.29 is 19.7 Å². The largest absolute Gasteiger partial charge is 0.507 e. The lowest BCUT2D eigenvalue weighted by Crippen LogP contribution is -2.04. The third-order valence-electron chi connectivity index (χ3n) is 3.15. The van der Waals surface area contributed by atoms with Crippen molar-refractivity contribution in [2.24, 2.45) is 0 Å². The van der Waals surface area contributed by atoms with E-state index in [4.69, 9.17) is 9.84 Å². The SMILES string of the molecule is C=CC1=CC=C(COc2ccc(C(=O)O)c(O)c2)CC1. The van der Waals surface area contributed by atoms with Gasteiger partial charge in [-0.15, -0.1) is 0 Å². The van der Waals surface area contributed by atoms with E-state index in [0.29, 0.717) is 12.4 Å². The third-order valence-corrected chi connectivity index (χ3v) is 3.15. The predicted octanol–water partition coefficient (Wildman–Crippen LogP) is 3.30. The summed E-state index contributed by atoms with van der Waals surface area (Å²) in [5, 5.41) is 18.4. The Morgan fingerprint density at radius 2 is 2.15 bits per heavy atom. The fourth-order valence-electron chi connectivity index (χ4n) is 1.94. The second kappa shape index (κ2) is 6.10. The Labute approximate surface area is 117 Å². The number of allylic oxidation sites excluding steroid dienone is 4. The molecule has 20 heavy (non-hydrogen) atoms. The van der Waals surface area contributed by atoms with Gasteiger partial charge in [-0.2, -0.15) is 0 Å². The number of carboxylic acid groups (broad SMARTS) is 1. The molecule has 0 saturated carbocycles. The lowest BCUT2D eigenvalue weighted by molar-refractivity contribution is 0.0693. The Morgan fingerprint density at radius 3 is 2.70 bits per heavy atom. The summed E-state index contributed by atoms with van der Waals surface area (Å²) in [4.78, 5) is 10.8. The maximum absolute atomic E-state index is 10.8. The fraction of sp³-hybridized carbons (Fsp3) is 0.188. The van der Waals surface area contributed by atoms with Crippen LogP contribution < -0.4 is 4.74 Å². The Balaban J connectivity index is 2.00. The highest BCUT2D eigenvalue weighted by Crippen LogP contribution is 2.25. The maximum Gasteiger partial charge on any atom is 0.339 e. The van der Waals surface area contributed by atoms with E-state index < -0.39 is 5.97 Å². The van der Waals surface area contributed by atoms with Crippen molar-refractivity contribution in [2.75, 3.05) is 6.61 Å². The van der Waals surface area contributed by atoms with Crippen LogP contribution in [-0.4, -0.2) is 22.8 Å². The number of hydrogen-bond donors (Lipinski definition) is 2. The molecule has 4 heteroatoms. The molecule has 2 N–H and O–H groups in total. The van der Waals surface area contributed by atoms with Gasteiger partial charge in [-0.1, -0.05) is 24.8 Å². The minimum absolute atomic E-state index is 0.132. The molecule has 1 aliphatic carbocycles. The van der Waals surface area contributed by atoms with Gasteiger partial charge in [0.25, 0.3) is 0 Å². The molecule has 0 amide bonds. The first-order valence-corrected chi connectivity index (χ1v) is 6.30. The van der Waals surface area contributed by atoms with Gasteiger partial charge in [-0.05, 0) is 36.1 Å². The van der Waals surface area contributed by atoms with E-state index >= 15 is 0 Å². The third kappa shape index (κ3) is 3.29. The van der Waals surface area contributed by atoms with Crippen LogP contribution in [-0.2, 0) is 0 Å². The molecule has 0 radical (unpaired) electrons. The summed E-state index contributed by atoms with van der Waals surface area (Å²) in [5.74, 6) is -1.00. The summed E-state index contributed by atoms with van der Waals surface area (Å²) in [5.41, 5.74) is 2.22. The van der Waals surface area contributed by atoms with E-state index in [1.165, 1.54) is 23.8 Å². The molecule has 0 aliphatic heterocycles. The molecular weight excluding hydrogens is 256 g/mol. The molecule has 1 aromatic carbocycles. The summed E-state index contributed by atoms with van der Waals surface area (Å²) >= 11 is 0. The highest BCUT2D eigenvalue weighted by Gasteiger charge is 2.11. The number of carboxylic acids is 1. The number of phenols is 1. The average molecular weight is 272 g/mol. The molecule has 4 nitrogen and oxygen atoms in total. The van der Waals surface area contributed by atoms with Crippen LogP contribution in [0.4, 0.5) is 0 Å². The molecule has 1 aromatic rings. The number of aromatic carboxylic acids is 1. The first kappa shape index (κ1) is 13.9. The summed E-state index contributed by atoms with van der Waals surface area (Å²) in [6.45, 7) is 4.15. The molecule has 0 fully saturated rings. The van der Waals surface area contributed by atoms with Crippen molar-refractivity contribution in [1.29, 1.82) is 0 Å². The van der Waals surface area contributed by atoms with Gasteiger partial charge in [0.05, 0.1) is 0 Å². The summed E-state index contributed by atoms with van der Waals surface area (Å²) in [7, 11) is 0. The molecule has 1 aliphatic rings. The van der Waals surface area contributed by atoms with Crippen LogP contribution in [0.25, 0.3) is 0 Å². The predicted molar refractivity (Wildman–Crippen MR) is 76.2 cm³/mol. The van der Waals surface area contributed by atoms with E-state index in [9.17, 15) is 9.90 Å². The first-order chi connectivity index (χ1) is 9.60. The molecule has 0 bridgehead atoms.